The maximum atomic E-state index is 11.8. The van der Waals surface area contributed by atoms with Gasteiger partial charge in [0, 0.05) is 4.47 Å². The Labute approximate surface area is 155 Å². The predicted molar refractivity (Wildman–Crippen MR) is 101 cm³/mol. The molecule has 3 aliphatic rings. The molecule has 5 unspecified atom stereocenters. The highest BCUT2D eigenvalue weighted by Crippen LogP contribution is 2.63. The van der Waals surface area contributed by atoms with Crippen molar-refractivity contribution in [2.45, 2.75) is 31.2 Å². The SMILES string of the molecule is O=C(O)c1cccc2c1NC(c1ccc(Br)cc1)C1C3CCC(C3)C21. The molecule has 2 N–H and O–H groups in total. The van der Waals surface area contributed by atoms with E-state index in [4.69, 9.17) is 0 Å². The second-order valence-corrected chi connectivity index (χ2v) is 8.60. The molecule has 0 saturated heterocycles. The zero-order chi connectivity index (χ0) is 17.1. The molecule has 5 atom stereocenters. The van der Waals surface area contributed by atoms with Gasteiger partial charge in [0.1, 0.15) is 0 Å². The summed E-state index contributed by atoms with van der Waals surface area (Å²) >= 11 is 3.52. The van der Waals surface area contributed by atoms with Crippen molar-refractivity contribution in [1.29, 1.82) is 0 Å². The quantitative estimate of drug-likeness (QED) is 0.708. The molecule has 4 heteroatoms. The average molecular weight is 398 g/mol. The molecule has 5 rings (SSSR count). The molecular weight excluding hydrogens is 378 g/mol. The Morgan fingerprint density at radius 1 is 1.08 bits per heavy atom. The molecule has 2 aromatic rings. The van der Waals surface area contributed by atoms with Gasteiger partial charge in [-0.1, -0.05) is 40.2 Å². The van der Waals surface area contributed by atoms with Crippen molar-refractivity contribution in [2.75, 3.05) is 5.32 Å². The van der Waals surface area contributed by atoms with Crippen molar-refractivity contribution in [3.8, 4) is 0 Å². The lowest BCUT2D eigenvalue weighted by Gasteiger charge is -2.44. The van der Waals surface area contributed by atoms with Crippen LogP contribution in [0.1, 0.15) is 52.7 Å². The maximum absolute atomic E-state index is 11.8. The fraction of sp³-hybridized carbons (Fsp3) is 0.381. The van der Waals surface area contributed by atoms with Crippen LogP contribution >= 0.6 is 15.9 Å². The second-order valence-electron chi connectivity index (χ2n) is 7.68. The van der Waals surface area contributed by atoms with E-state index in [2.05, 4.69) is 51.6 Å². The average Bonchev–Trinajstić information content (AvgIpc) is 3.23. The summed E-state index contributed by atoms with van der Waals surface area (Å²) in [6, 6.07) is 14.5. The number of anilines is 1. The number of carboxylic acids is 1. The molecule has 0 spiro atoms. The van der Waals surface area contributed by atoms with Gasteiger partial charge in [-0.15, -0.1) is 0 Å². The van der Waals surface area contributed by atoms with Crippen LogP contribution in [0.25, 0.3) is 0 Å². The Bertz CT molecular complexity index is 847. The molecule has 0 aromatic heterocycles. The van der Waals surface area contributed by atoms with Gasteiger partial charge < -0.3 is 10.4 Å². The normalized spacial score (nSPS) is 32.0. The van der Waals surface area contributed by atoms with Crippen LogP contribution in [0.3, 0.4) is 0 Å². The largest absolute Gasteiger partial charge is 0.478 e. The lowest BCUT2D eigenvalue weighted by atomic mass is 9.67. The Kier molecular flexibility index (Phi) is 3.46. The molecular formula is C21H20BrNO2. The van der Waals surface area contributed by atoms with Crippen LogP contribution in [0.2, 0.25) is 0 Å². The second kappa shape index (κ2) is 5.60. The third kappa shape index (κ3) is 2.27. The number of carboxylic acid groups (broad SMARTS) is 1. The molecule has 2 fully saturated rings. The summed E-state index contributed by atoms with van der Waals surface area (Å²) in [6.07, 6.45) is 3.89. The summed E-state index contributed by atoms with van der Waals surface area (Å²) in [6.45, 7) is 0. The minimum Gasteiger partial charge on any atom is -0.478 e. The van der Waals surface area contributed by atoms with E-state index in [-0.39, 0.29) is 6.04 Å². The lowest BCUT2D eigenvalue weighted by Crippen LogP contribution is -2.36. The van der Waals surface area contributed by atoms with Crippen molar-refractivity contribution in [3.05, 3.63) is 63.6 Å². The van der Waals surface area contributed by atoms with Crippen molar-refractivity contribution in [3.63, 3.8) is 0 Å². The highest BCUT2D eigenvalue weighted by Gasteiger charge is 2.54. The van der Waals surface area contributed by atoms with Gasteiger partial charge in [0.2, 0.25) is 0 Å². The molecule has 0 amide bonds. The Morgan fingerprint density at radius 2 is 1.84 bits per heavy atom. The molecule has 1 aliphatic heterocycles. The van der Waals surface area contributed by atoms with Gasteiger partial charge >= 0.3 is 5.97 Å². The number of para-hydroxylation sites is 1. The monoisotopic (exact) mass is 397 g/mol. The maximum Gasteiger partial charge on any atom is 0.337 e. The Morgan fingerprint density at radius 3 is 2.60 bits per heavy atom. The number of hydrogen-bond acceptors (Lipinski definition) is 2. The summed E-state index contributed by atoms with van der Waals surface area (Å²) < 4.78 is 1.07. The molecule has 2 saturated carbocycles. The minimum absolute atomic E-state index is 0.196. The van der Waals surface area contributed by atoms with Gasteiger partial charge in [-0.05, 0) is 72.3 Å². The number of rotatable bonds is 2. The predicted octanol–water partition coefficient (Wildman–Crippen LogP) is 5.44. The first kappa shape index (κ1) is 15.4. The van der Waals surface area contributed by atoms with Crippen LogP contribution < -0.4 is 5.32 Å². The fourth-order valence-corrected chi connectivity index (χ4v) is 5.96. The van der Waals surface area contributed by atoms with E-state index in [0.717, 1.165) is 16.1 Å². The first-order valence-electron chi connectivity index (χ1n) is 9.01. The third-order valence-corrected chi connectivity index (χ3v) is 7.11. The van der Waals surface area contributed by atoms with Crippen LogP contribution in [-0.2, 0) is 0 Å². The first-order valence-corrected chi connectivity index (χ1v) is 9.81. The van der Waals surface area contributed by atoms with Gasteiger partial charge in [-0.25, -0.2) is 4.79 Å². The van der Waals surface area contributed by atoms with Gasteiger partial charge in [-0.3, -0.25) is 0 Å². The highest BCUT2D eigenvalue weighted by molar-refractivity contribution is 9.10. The van der Waals surface area contributed by atoms with E-state index < -0.39 is 5.97 Å². The molecule has 128 valence electrons. The summed E-state index contributed by atoms with van der Waals surface area (Å²) in [7, 11) is 0. The number of carbonyl (C=O) groups is 1. The van der Waals surface area contributed by atoms with E-state index in [1.165, 1.54) is 30.4 Å². The van der Waals surface area contributed by atoms with Crippen molar-refractivity contribution >= 4 is 27.6 Å². The number of nitrogens with one attached hydrogen (secondary N) is 1. The van der Waals surface area contributed by atoms with Gasteiger partial charge in [0.15, 0.2) is 0 Å². The van der Waals surface area contributed by atoms with E-state index in [1.54, 1.807) is 6.07 Å². The van der Waals surface area contributed by atoms with Gasteiger partial charge in [-0.2, -0.15) is 0 Å². The zero-order valence-electron chi connectivity index (χ0n) is 13.8. The number of benzene rings is 2. The smallest absolute Gasteiger partial charge is 0.337 e. The number of hydrogen-bond donors (Lipinski definition) is 2. The lowest BCUT2D eigenvalue weighted by molar-refractivity contribution is 0.0697. The molecule has 25 heavy (non-hydrogen) atoms. The molecule has 2 aromatic carbocycles. The van der Waals surface area contributed by atoms with Crippen LogP contribution in [-0.4, -0.2) is 11.1 Å². The van der Waals surface area contributed by atoms with Crippen LogP contribution in [0, 0.1) is 17.8 Å². The van der Waals surface area contributed by atoms with Crippen LogP contribution in [0.5, 0.6) is 0 Å². The minimum atomic E-state index is -0.847. The van der Waals surface area contributed by atoms with Crippen molar-refractivity contribution in [2.24, 2.45) is 17.8 Å². The molecule has 2 aliphatic carbocycles. The Balaban J connectivity index is 1.67. The van der Waals surface area contributed by atoms with E-state index in [9.17, 15) is 9.90 Å². The summed E-state index contributed by atoms with van der Waals surface area (Å²) in [5.41, 5.74) is 3.74. The molecule has 3 nitrogen and oxygen atoms in total. The summed E-state index contributed by atoms with van der Waals surface area (Å²) in [5.74, 6) is 1.66. The topological polar surface area (TPSA) is 49.3 Å². The molecule has 2 bridgehead atoms. The summed E-state index contributed by atoms with van der Waals surface area (Å²) in [5, 5.41) is 13.3. The first-order chi connectivity index (χ1) is 12.1. The highest BCUT2D eigenvalue weighted by atomic mass is 79.9. The van der Waals surface area contributed by atoms with Crippen molar-refractivity contribution < 1.29 is 9.90 Å². The van der Waals surface area contributed by atoms with E-state index >= 15 is 0 Å². The van der Waals surface area contributed by atoms with Gasteiger partial charge in [0.25, 0.3) is 0 Å². The summed E-state index contributed by atoms with van der Waals surface area (Å²) in [4.78, 5) is 11.8. The zero-order valence-corrected chi connectivity index (χ0v) is 15.4. The number of halogens is 1. The standard InChI is InChI=1S/C21H20BrNO2/c22-14-8-6-11(7-9-14)19-18-13-5-4-12(10-13)17(18)15-2-1-3-16(21(24)25)20(15)23-19/h1-3,6-9,12-13,17-19,23H,4-5,10H2,(H,24,25). The molecule has 0 radical (unpaired) electrons. The van der Waals surface area contributed by atoms with Crippen LogP contribution in [0.15, 0.2) is 46.9 Å². The molecule has 1 heterocycles. The van der Waals surface area contributed by atoms with E-state index in [1.807, 2.05) is 6.07 Å². The Hall–Kier alpha value is -1.81. The number of aromatic carboxylic acids is 1. The fourth-order valence-electron chi connectivity index (χ4n) is 5.69. The van der Waals surface area contributed by atoms with Crippen molar-refractivity contribution in [1.82, 2.24) is 0 Å². The van der Waals surface area contributed by atoms with E-state index in [0.29, 0.717) is 23.3 Å². The van der Waals surface area contributed by atoms with Gasteiger partial charge in [0.05, 0.1) is 17.3 Å². The van der Waals surface area contributed by atoms with Crippen LogP contribution in [0.4, 0.5) is 5.69 Å². The number of fused-ring (bicyclic) bond motifs is 7. The third-order valence-electron chi connectivity index (χ3n) is 6.58.